The maximum absolute atomic E-state index is 12.1. The molecule has 0 saturated carbocycles. The fraction of sp³-hybridized carbons (Fsp3) is 0.0909. The molecule has 2 rings (SSSR count). The molecule has 0 heterocycles. The van der Waals surface area contributed by atoms with Crippen molar-refractivity contribution in [1.82, 2.24) is 0 Å². The molecule has 4 heteroatoms. The minimum absolute atomic E-state index is 0.156. The van der Waals surface area contributed by atoms with Crippen LogP contribution in [0, 0.1) is 0 Å². The van der Waals surface area contributed by atoms with Crippen LogP contribution in [0.25, 0.3) is 10.8 Å². The number of rotatable bonds is 2. The highest BCUT2D eigenvalue weighted by Crippen LogP contribution is 2.33. The van der Waals surface area contributed by atoms with Crippen LogP contribution < -0.4 is 4.74 Å². The number of alkyl halides is 2. The number of halogens is 3. The van der Waals surface area contributed by atoms with Gasteiger partial charge in [-0.1, -0.05) is 30.3 Å². The first-order valence-electron chi connectivity index (χ1n) is 4.30. The third-order valence-corrected chi connectivity index (χ3v) is 2.86. The molecule has 0 amide bonds. The van der Waals surface area contributed by atoms with Crippen molar-refractivity contribution < 1.29 is 13.5 Å². The molecule has 0 aliphatic rings. The Kier molecular flexibility index (Phi) is 2.86. The normalized spacial score (nSPS) is 10.9. The second-order valence-electron chi connectivity index (χ2n) is 2.98. The van der Waals surface area contributed by atoms with Crippen LogP contribution in [0.15, 0.2) is 40.9 Å². The molecule has 0 atom stereocenters. The first-order valence-corrected chi connectivity index (χ1v) is 5.10. The monoisotopic (exact) mass is 272 g/mol. The van der Waals surface area contributed by atoms with E-state index in [4.69, 9.17) is 0 Å². The van der Waals surface area contributed by atoms with E-state index in [2.05, 4.69) is 20.7 Å². The zero-order chi connectivity index (χ0) is 10.8. The summed E-state index contributed by atoms with van der Waals surface area (Å²) in [4.78, 5) is 0. The second-order valence-corrected chi connectivity index (χ2v) is 3.77. The molecule has 0 aliphatic heterocycles. The summed E-state index contributed by atoms with van der Waals surface area (Å²) in [6.07, 6.45) is 0. The highest BCUT2D eigenvalue weighted by atomic mass is 79.9. The van der Waals surface area contributed by atoms with Gasteiger partial charge in [-0.3, -0.25) is 0 Å². The quantitative estimate of drug-likeness (QED) is 0.796. The Hall–Kier alpha value is -1.16. The first-order chi connectivity index (χ1) is 7.18. The fourth-order valence-electron chi connectivity index (χ4n) is 1.40. The molecule has 2 aromatic carbocycles. The molecule has 78 valence electrons. The van der Waals surface area contributed by atoms with Gasteiger partial charge in [0.15, 0.2) is 0 Å². The van der Waals surface area contributed by atoms with Crippen LogP contribution in [-0.4, -0.2) is 6.61 Å². The van der Waals surface area contributed by atoms with Crippen LogP contribution in [0.1, 0.15) is 0 Å². The van der Waals surface area contributed by atoms with Gasteiger partial charge in [-0.15, -0.1) is 0 Å². The van der Waals surface area contributed by atoms with Crippen molar-refractivity contribution in [2.45, 2.75) is 6.61 Å². The van der Waals surface area contributed by atoms with Crippen molar-refractivity contribution in [1.29, 1.82) is 0 Å². The molecule has 0 spiro atoms. The van der Waals surface area contributed by atoms with Crippen LogP contribution >= 0.6 is 15.9 Å². The predicted molar refractivity (Wildman–Crippen MR) is 58.3 cm³/mol. The van der Waals surface area contributed by atoms with Gasteiger partial charge in [0, 0.05) is 0 Å². The Morgan fingerprint density at radius 2 is 1.80 bits per heavy atom. The summed E-state index contributed by atoms with van der Waals surface area (Å²) in [7, 11) is 0. The lowest BCUT2D eigenvalue weighted by Gasteiger charge is -2.08. The fourth-order valence-corrected chi connectivity index (χ4v) is 1.99. The van der Waals surface area contributed by atoms with Gasteiger partial charge in [0.1, 0.15) is 5.75 Å². The van der Waals surface area contributed by atoms with Gasteiger partial charge < -0.3 is 4.74 Å². The molecule has 0 unspecified atom stereocenters. The molecule has 0 aliphatic carbocycles. The molecule has 1 nitrogen and oxygen atoms in total. The number of benzene rings is 2. The standard InChI is InChI=1S/C11H7BrF2O/c12-10-8-4-2-1-3-7(8)5-6-9(10)15-11(13)14/h1-6,11H. The molecule has 2 aromatic rings. The number of hydrogen-bond donors (Lipinski definition) is 0. The maximum Gasteiger partial charge on any atom is 0.387 e. The van der Waals surface area contributed by atoms with E-state index in [9.17, 15) is 8.78 Å². The Morgan fingerprint density at radius 1 is 1.07 bits per heavy atom. The van der Waals surface area contributed by atoms with Gasteiger partial charge in [-0.2, -0.15) is 8.78 Å². The lowest BCUT2D eigenvalue weighted by molar-refractivity contribution is -0.0502. The van der Waals surface area contributed by atoms with Gasteiger partial charge in [0.25, 0.3) is 0 Å². The summed E-state index contributed by atoms with van der Waals surface area (Å²) in [5.74, 6) is 0.156. The van der Waals surface area contributed by atoms with Crippen molar-refractivity contribution in [2.24, 2.45) is 0 Å². The Morgan fingerprint density at radius 3 is 2.53 bits per heavy atom. The summed E-state index contributed by atoms with van der Waals surface area (Å²) in [6.45, 7) is -2.80. The Bertz CT molecular complexity index is 485. The second kappa shape index (κ2) is 4.14. The first kappa shape index (κ1) is 10.4. The number of hydrogen-bond acceptors (Lipinski definition) is 1. The molecule has 0 saturated heterocycles. The average molecular weight is 273 g/mol. The lowest BCUT2D eigenvalue weighted by Crippen LogP contribution is -2.02. The van der Waals surface area contributed by atoms with E-state index < -0.39 is 6.61 Å². The number of ether oxygens (including phenoxy) is 1. The molecular formula is C11H7BrF2O. The molecular weight excluding hydrogens is 266 g/mol. The van der Waals surface area contributed by atoms with E-state index in [0.717, 1.165) is 10.8 Å². The van der Waals surface area contributed by atoms with Gasteiger partial charge in [0.05, 0.1) is 4.47 Å². The smallest absolute Gasteiger partial charge is 0.387 e. The van der Waals surface area contributed by atoms with E-state index in [1.165, 1.54) is 6.07 Å². The van der Waals surface area contributed by atoms with E-state index in [1.54, 1.807) is 6.07 Å². The SMILES string of the molecule is FC(F)Oc1ccc2ccccc2c1Br. The van der Waals surface area contributed by atoms with Crippen LogP contribution in [0.3, 0.4) is 0 Å². The van der Waals surface area contributed by atoms with Gasteiger partial charge in [0.2, 0.25) is 0 Å². The summed E-state index contributed by atoms with van der Waals surface area (Å²) < 4.78 is 29.0. The predicted octanol–water partition coefficient (Wildman–Crippen LogP) is 4.20. The zero-order valence-corrected chi connectivity index (χ0v) is 9.17. The van der Waals surface area contributed by atoms with Crippen molar-refractivity contribution >= 4 is 26.7 Å². The van der Waals surface area contributed by atoms with E-state index in [0.29, 0.717) is 4.47 Å². The molecule has 0 bridgehead atoms. The molecule has 15 heavy (non-hydrogen) atoms. The van der Waals surface area contributed by atoms with Crippen molar-refractivity contribution in [3.05, 3.63) is 40.9 Å². The third-order valence-electron chi connectivity index (χ3n) is 2.04. The molecule has 0 radical (unpaired) electrons. The summed E-state index contributed by atoms with van der Waals surface area (Å²) in [6, 6.07) is 10.8. The number of fused-ring (bicyclic) bond motifs is 1. The van der Waals surface area contributed by atoms with Crippen molar-refractivity contribution in [3.8, 4) is 5.75 Å². The van der Waals surface area contributed by atoms with E-state index >= 15 is 0 Å². The third kappa shape index (κ3) is 2.09. The average Bonchev–Trinajstić information content (AvgIpc) is 2.22. The van der Waals surface area contributed by atoms with Crippen LogP contribution in [0.4, 0.5) is 8.78 Å². The van der Waals surface area contributed by atoms with E-state index in [1.807, 2.05) is 24.3 Å². The Balaban J connectivity index is 2.55. The van der Waals surface area contributed by atoms with E-state index in [-0.39, 0.29) is 5.75 Å². The van der Waals surface area contributed by atoms with Crippen LogP contribution in [0.5, 0.6) is 5.75 Å². The van der Waals surface area contributed by atoms with Crippen LogP contribution in [-0.2, 0) is 0 Å². The highest BCUT2D eigenvalue weighted by Gasteiger charge is 2.10. The molecule has 0 N–H and O–H groups in total. The topological polar surface area (TPSA) is 9.23 Å². The summed E-state index contributed by atoms with van der Waals surface area (Å²) in [5.41, 5.74) is 0. The van der Waals surface area contributed by atoms with Crippen molar-refractivity contribution in [3.63, 3.8) is 0 Å². The van der Waals surface area contributed by atoms with Gasteiger partial charge >= 0.3 is 6.61 Å². The van der Waals surface area contributed by atoms with Gasteiger partial charge in [-0.05, 0) is 32.8 Å². The minimum Gasteiger partial charge on any atom is -0.434 e. The molecule has 0 aromatic heterocycles. The van der Waals surface area contributed by atoms with Crippen LogP contribution in [0.2, 0.25) is 0 Å². The summed E-state index contributed by atoms with van der Waals surface area (Å²) >= 11 is 3.25. The summed E-state index contributed by atoms with van der Waals surface area (Å²) in [5, 5.41) is 1.83. The lowest BCUT2D eigenvalue weighted by atomic mass is 10.1. The molecule has 0 fully saturated rings. The Labute approximate surface area is 93.8 Å². The highest BCUT2D eigenvalue weighted by molar-refractivity contribution is 9.10. The minimum atomic E-state index is -2.80. The van der Waals surface area contributed by atoms with Crippen molar-refractivity contribution in [2.75, 3.05) is 0 Å². The largest absolute Gasteiger partial charge is 0.434 e. The van der Waals surface area contributed by atoms with Gasteiger partial charge in [-0.25, -0.2) is 0 Å². The zero-order valence-electron chi connectivity index (χ0n) is 7.58. The maximum atomic E-state index is 12.1.